The molecule has 29 heavy (non-hydrogen) atoms. The normalized spacial score (nSPS) is 11.5. The van der Waals surface area contributed by atoms with Crippen LogP contribution < -0.4 is 20.9 Å². The van der Waals surface area contributed by atoms with Crippen LogP contribution in [0, 0.1) is 5.92 Å². The van der Waals surface area contributed by atoms with Crippen LogP contribution in [-0.2, 0) is 9.59 Å². The number of benzene rings is 2. The molecule has 8 heteroatoms. The average Bonchev–Trinajstić information content (AvgIpc) is 2.67. The van der Waals surface area contributed by atoms with Crippen LogP contribution in [0.15, 0.2) is 48.5 Å². The van der Waals surface area contributed by atoms with E-state index in [4.69, 9.17) is 16.3 Å². The zero-order chi connectivity index (χ0) is 21.4. The van der Waals surface area contributed by atoms with E-state index in [0.717, 1.165) is 0 Å². The molecule has 0 aliphatic heterocycles. The molecule has 0 aliphatic rings. The first kappa shape index (κ1) is 22.2. The first-order valence-corrected chi connectivity index (χ1v) is 9.55. The number of nitrogens with one attached hydrogen (secondary N) is 3. The highest BCUT2D eigenvalue weighted by Crippen LogP contribution is 2.24. The molecule has 7 nitrogen and oxygen atoms in total. The summed E-state index contributed by atoms with van der Waals surface area (Å²) >= 11 is 6.00. The minimum atomic E-state index is -0.867. The fraction of sp³-hybridized carbons (Fsp3) is 0.286. The van der Waals surface area contributed by atoms with E-state index < -0.39 is 17.9 Å². The van der Waals surface area contributed by atoms with Gasteiger partial charge in [-0.2, -0.15) is 0 Å². The van der Waals surface area contributed by atoms with Gasteiger partial charge in [0.25, 0.3) is 11.8 Å². The molecule has 3 amide bonds. The topological polar surface area (TPSA) is 96.5 Å². The van der Waals surface area contributed by atoms with Crippen LogP contribution in [0.2, 0.25) is 5.02 Å². The number of halogens is 1. The molecule has 2 aromatic carbocycles. The van der Waals surface area contributed by atoms with E-state index in [1.54, 1.807) is 55.5 Å². The zero-order valence-corrected chi connectivity index (χ0v) is 17.2. The molecule has 0 fully saturated rings. The maximum Gasteiger partial charge on any atom is 0.279 e. The van der Waals surface area contributed by atoms with E-state index in [2.05, 4.69) is 16.2 Å². The van der Waals surface area contributed by atoms with Gasteiger partial charge in [-0.3, -0.25) is 25.2 Å². The third kappa shape index (κ3) is 7.12. The molecule has 0 aliphatic carbocycles. The molecule has 0 bridgehead atoms. The Kier molecular flexibility index (Phi) is 8.03. The number of hydrogen-bond acceptors (Lipinski definition) is 4. The second kappa shape index (κ2) is 10.5. The number of hydrazine groups is 1. The summed E-state index contributed by atoms with van der Waals surface area (Å²) in [5, 5.41) is 3.15. The second-order valence-corrected chi connectivity index (χ2v) is 7.26. The maximum atomic E-state index is 12.2. The van der Waals surface area contributed by atoms with Crippen LogP contribution in [0.1, 0.15) is 37.6 Å². The summed E-state index contributed by atoms with van der Waals surface area (Å²) in [6, 6.07) is 13.1. The number of ether oxygens (including phenoxy) is 1. The summed E-state index contributed by atoms with van der Waals surface area (Å²) in [4.78, 5) is 36.1. The molecular formula is C21H24ClN3O4. The van der Waals surface area contributed by atoms with Crippen molar-refractivity contribution in [3.63, 3.8) is 0 Å². The van der Waals surface area contributed by atoms with Gasteiger partial charge < -0.3 is 10.1 Å². The van der Waals surface area contributed by atoms with Crippen molar-refractivity contribution in [3.8, 4) is 5.75 Å². The highest BCUT2D eigenvalue weighted by Gasteiger charge is 2.17. The van der Waals surface area contributed by atoms with Gasteiger partial charge in [-0.05, 0) is 49.2 Å². The van der Waals surface area contributed by atoms with Gasteiger partial charge in [0.15, 0.2) is 6.10 Å². The number of rotatable bonds is 7. The van der Waals surface area contributed by atoms with E-state index in [0.29, 0.717) is 28.4 Å². The number of carbonyl (C=O) groups excluding carboxylic acids is 3. The van der Waals surface area contributed by atoms with Gasteiger partial charge in [-0.1, -0.05) is 37.6 Å². The smallest absolute Gasteiger partial charge is 0.279 e. The monoisotopic (exact) mass is 417 g/mol. The third-order valence-electron chi connectivity index (χ3n) is 3.83. The van der Waals surface area contributed by atoms with Crippen molar-refractivity contribution in [2.45, 2.75) is 33.3 Å². The van der Waals surface area contributed by atoms with Crippen LogP contribution in [0.5, 0.6) is 5.75 Å². The lowest BCUT2D eigenvalue weighted by Gasteiger charge is -2.16. The molecule has 2 aromatic rings. The second-order valence-electron chi connectivity index (χ2n) is 6.86. The van der Waals surface area contributed by atoms with E-state index >= 15 is 0 Å². The summed E-state index contributed by atoms with van der Waals surface area (Å²) in [5.41, 5.74) is 5.56. The van der Waals surface area contributed by atoms with Crippen LogP contribution in [0.4, 0.5) is 5.69 Å². The fourth-order valence-electron chi connectivity index (χ4n) is 2.36. The quantitative estimate of drug-likeness (QED) is 0.600. The first-order chi connectivity index (χ1) is 13.8. The van der Waals surface area contributed by atoms with Crippen molar-refractivity contribution in [1.29, 1.82) is 0 Å². The number of anilines is 1. The Morgan fingerprint density at radius 2 is 1.62 bits per heavy atom. The predicted octanol–water partition coefficient (Wildman–Crippen LogP) is 3.55. The summed E-state index contributed by atoms with van der Waals surface area (Å²) in [5.74, 6) is -0.484. The summed E-state index contributed by atoms with van der Waals surface area (Å²) < 4.78 is 5.49. The molecule has 1 atom stereocenters. The molecule has 0 radical (unpaired) electrons. The number of hydrogen-bond donors (Lipinski definition) is 3. The van der Waals surface area contributed by atoms with E-state index in [1.165, 1.54) is 0 Å². The predicted molar refractivity (Wildman–Crippen MR) is 112 cm³/mol. The van der Waals surface area contributed by atoms with Crippen molar-refractivity contribution >= 4 is 35.0 Å². The number of para-hydroxylation sites is 1. The van der Waals surface area contributed by atoms with Crippen molar-refractivity contribution < 1.29 is 19.1 Å². The Balaban J connectivity index is 1.84. The van der Waals surface area contributed by atoms with Gasteiger partial charge in [0.05, 0.1) is 5.02 Å². The van der Waals surface area contributed by atoms with Gasteiger partial charge >= 0.3 is 0 Å². The molecular weight excluding hydrogens is 394 g/mol. The maximum absolute atomic E-state index is 12.2. The molecule has 2 rings (SSSR count). The Morgan fingerprint density at radius 1 is 0.966 bits per heavy atom. The lowest BCUT2D eigenvalue weighted by molar-refractivity contribution is -0.128. The Bertz CT molecular complexity index is 868. The first-order valence-electron chi connectivity index (χ1n) is 9.17. The van der Waals surface area contributed by atoms with Crippen LogP contribution in [-0.4, -0.2) is 23.8 Å². The van der Waals surface area contributed by atoms with Gasteiger partial charge in [0, 0.05) is 17.7 Å². The van der Waals surface area contributed by atoms with Crippen LogP contribution in [0.3, 0.4) is 0 Å². The molecule has 154 valence electrons. The van der Waals surface area contributed by atoms with Crippen LogP contribution in [0.25, 0.3) is 0 Å². The lowest BCUT2D eigenvalue weighted by atomic mass is 10.1. The van der Waals surface area contributed by atoms with Gasteiger partial charge in [-0.15, -0.1) is 0 Å². The SMILES string of the molecule is CC(C)CC(=O)Nc1ccc(C(=O)NNC(=O)C(C)Oc2ccccc2Cl)cc1. The standard InChI is InChI=1S/C21H24ClN3O4/c1-13(2)12-19(26)23-16-10-8-15(9-11-16)21(28)25-24-20(27)14(3)29-18-7-5-4-6-17(18)22/h4-11,13-14H,12H2,1-3H3,(H,23,26)(H,24,27)(H,25,28). The van der Waals surface area contributed by atoms with Gasteiger partial charge in [-0.25, -0.2) is 0 Å². The van der Waals surface area contributed by atoms with Gasteiger partial charge in [0.2, 0.25) is 5.91 Å². The molecule has 0 spiro atoms. The Morgan fingerprint density at radius 3 is 2.24 bits per heavy atom. The summed E-state index contributed by atoms with van der Waals surface area (Å²) in [6.07, 6.45) is -0.448. The minimum absolute atomic E-state index is 0.0861. The molecule has 0 heterocycles. The number of amides is 3. The van der Waals surface area contributed by atoms with Crippen molar-refractivity contribution in [2.24, 2.45) is 5.92 Å². The van der Waals surface area contributed by atoms with Gasteiger partial charge in [0.1, 0.15) is 5.75 Å². The lowest BCUT2D eigenvalue weighted by Crippen LogP contribution is -2.47. The molecule has 0 aromatic heterocycles. The minimum Gasteiger partial charge on any atom is -0.479 e. The molecule has 0 saturated heterocycles. The van der Waals surface area contributed by atoms with Crippen molar-refractivity contribution in [1.82, 2.24) is 10.9 Å². The largest absolute Gasteiger partial charge is 0.479 e. The molecule has 0 saturated carbocycles. The number of carbonyl (C=O) groups is 3. The Labute approximate surface area is 174 Å². The Hall–Kier alpha value is -3.06. The summed E-state index contributed by atoms with van der Waals surface area (Å²) in [7, 11) is 0. The summed E-state index contributed by atoms with van der Waals surface area (Å²) in [6.45, 7) is 5.46. The van der Waals surface area contributed by atoms with Crippen molar-refractivity contribution in [3.05, 3.63) is 59.1 Å². The van der Waals surface area contributed by atoms with E-state index in [9.17, 15) is 14.4 Å². The average molecular weight is 418 g/mol. The molecule has 1 unspecified atom stereocenters. The highest BCUT2D eigenvalue weighted by molar-refractivity contribution is 6.32. The highest BCUT2D eigenvalue weighted by atomic mass is 35.5. The van der Waals surface area contributed by atoms with E-state index in [1.807, 2.05) is 13.8 Å². The zero-order valence-electron chi connectivity index (χ0n) is 16.5. The van der Waals surface area contributed by atoms with E-state index in [-0.39, 0.29) is 11.8 Å². The third-order valence-corrected chi connectivity index (χ3v) is 4.15. The van der Waals surface area contributed by atoms with Crippen LogP contribution >= 0.6 is 11.6 Å². The fourth-order valence-corrected chi connectivity index (χ4v) is 2.54. The molecule has 3 N–H and O–H groups in total. The van der Waals surface area contributed by atoms with Crippen molar-refractivity contribution in [2.75, 3.05) is 5.32 Å².